The fraction of sp³-hybridized carbons (Fsp3) is 0.300. The van der Waals surface area contributed by atoms with Gasteiger partial charge in [0.2, 0.25) is 0 Å². The molecule has 15 heavy (non-hydrogen) atoms. The van der Waals surface area contributed by atoms with Gasteiger partial charge in [-0.15, -0.1) is 0 Å². The summed E-state index contributed by atoms with van der Waals surface area (Å²) in [5.74, 6) is -1.66. The van der Waals surface area contributed by atoms with Crippen LogP contribution in [0.1, 0.15) is 11.3 Å². The Morgan fingerprint density at radius 3 is 2.73 bits per heavy atom. The summed E-state index contributed by atoms with van der Waals surface area (Å²) in [7, 11) is 1.16. The summed E-state index contributed by atoms with van der Waals surface area (Å²) in [6.45, 7) is 2.14. The summed E-state index contributed by atoms with van der Waals surface area (Å²) in [4.78, 5) is 25.8. The van der Waals surface area contributed by atoms with Gasteiger partial charge in [-0.05, 0) is 18.6 Å². The summed E-state index contributed by atoms with van der Waals surface area (Å²) in [5.41, 5.74) is 1.73. The molecular weight excluding hydrogens is 196 g/mol. The molecule has 1 aromatic heterocycles. The van der Waals surface area contributed by atoms with E-state index < -0.39 is 11.9 Å². The molecule has 0 fully saturated rings. The molecule has 0 aliphatic rings. The highest BCUT2D eigenvalue weighted by molar-refractivity contribution is 6.32. The number of carbonyl (C=O) groups excluding carboxylic acids is 2. The lowest BCUT2D eigenvalue weighted by atomic mass is 10.3. The third-order valence-electron chi connectivity index (χ3n) is 1.77. The van der Waals surface area contributed by atoms with Gasteiger partial charge in [0.25, 0.3) is 0 Å². The van der Waals surface area contributed by atoms with Crippen LogP contribution >= 0.6 is 0 Å². The van der Waals surface area contributed by atoms with Crippen molar-refractivity contribution in [3.05, 3.63) is 29.6 Å². The maximum atomic E-state index is 11.0. The summed E-state index contributed by atoms with van der Waals surface area (Å²) in [6.07, 6.45) is 1.69. The Labute approximate surface area is 87.5 Å². The Kier molecular flexibility index (Phi) is 3.79. The van der Waals surface area contributed by atoms with E-state index in [1.807, 2.05) is 13.0 Å². The first-order chi connectivity index (χ1) is 7.13. The minimum atomic E-state index is -0.901. The largest absolute Gasteiger partial charge is 0.462 e. The van der Waals surface area contributed by atoms with Gasteiger partial charge in [0, 0.05) is 6.20 Å². The van der Waals surface area contributed by atoms with Crippen molar-refractivity contribution < 1.29 is 14.3 Å². The molecule has 5 heteroatoms. The van der Waals surface area contributed by atoms with Crippen molar-refractivity contribution in [3.63, 3.8) is 0 Å². The first-order valence-corrected chi connectivity index (χ1v) is 4.41. The van der Waals surface area contributed by atoms with Crippen LogP contribution in [0.25, 0.3) is 0 Å². The van der Waals surface area contributed by atoms with Crippen LogP contribution in [-0.2, 0) is 20.9 Å². The molecule has 0 atom stereocenters. The number of pyridine rings is 1. The van der Waals surface area contributed by atoms with Crippen molar-refractivity contribution in [1.82, 2.24) is 10.3 Å². The maximum absolute atomic E-state index is 11.0. The van der Waals surface area contributed by atoms with Gasteiger partial charge in [-0.1, -0.05) is 6.07 Å². The number of nitrogens with one attached hydrogen (secondary N) is 1. The SMILES string of the molecule is COC(=O)C(=O)NCc1ccc(C)cn1. The number of methoxy groups -OCH3 is 1. The second-order valence-electron chi connectivity index (χ2n) is 3.00. The summed E-state index contributed by atoms with van der Waals surface area (Å²) in [6, 6.07) is 3.67. The fourth-order valence-electron chi connectivity index (χ4n) is 0.939. The molecule has 1 N–H and O–H groups in total. The number of ether oxygens (including phenoxy) is 1. The lowest BCUT2D eigenvalue weighted by Gasteiger charge is -2.02. The molecule has 1 amide bonds. The molecule has 0 aromatic carbocycles. The van der Waals surface area contributed by atoms with Crippen molar-refractivity contribution >= 4 is 11.9 Å². The Bertz CT molecular complexity index is 359. The number of nitrogens with zero attached hydrogens (tertiary/aromatic N) is 1. The van der Waals surface area contributed by atoms with Crippen LogP contribution in [0.2, 0.25) is 0 Å². The van der Waals surface area contributed by atoms with Crippen molar-refractivity contribution in [2.45, 2.75) is 13.5 Å². The predicted molar refractivity (Wildman–Crippen MR) is 52.8 cm³/mol. The smallest absolute Gasteiger partial charge is 0.396 e. The number of hydrogen-bond donors (Lipinski definition) is 1. The van der Waals surface area contributed by atoms with E-state index in [2.05, 4.69) is 15.0 Å². The molecule has 0 radical (unpaired) electrons. The number of hydrogen-bond acceptors (Lipinski definition) is 4. The molecule has 1 aromatic rings. The lowest BCUT2D eigenvalue weighted by molar-refractivity contribution is -0.152. The van der Waals surface area contributed by atoms with Crippen LogP contribution in [0, 0.1) is 6.92 Å². The highest BCUT2D eigenvalue weighted by atomic mass is 16.5. The number of aryl methyl sites for hydroxylation is 1. The van der Waals surface area contributed by atoms with E-state index in [-0.39, 0.29) is 6.54 Å². The number of aromatic nitrogens is 1. The predicted octanol–water partition coefficient (Wildman–Crippen LogP) is 0.179. The fourth-order valence-corrected chi connectivity index (χ4v) is 0.939. The average Bonchev–Trinajstić information content (AvgIpc) is 2.26. The van der Waals surface area contributed by atoms with Crippen LogP contribution in [0.15, 0.2) is 18.3 Å². The first-order valence-electron chi connectivity index (χ1n) is 4.41. The topological polar surface area (TPSA) is 68.3 Å². The zero-order valence-electron chi connectivity index (χ0n) is 8.61. The standard InChI is InChI=1S/C10H12N2O3/c1-7-3-4-8(11-5-7)6-12-9(13)10(14)15-2/h3-5H,6H2,1-2H3,(H,12,13). The third kappa shape index (κ3) is 3.38. The van der Waals surface area contributed by atoms with Crippen LogP contribution in [0.3, 0.4) is 0 Å². The van der Waals surface area contributed by atoms with E-state index in [0.29, 0.717) is 5.69 Å². The molecule has 0 spiro atoms. The Balaban J connectivity index is 2.47. The van der Waals surface area contributed by atoms with Crippen molar-refractivity contribution in [1.29, 1.82) is 0 Å². The van der Waals surface area contributed by atoms with Crippen molar-refractivity contribution in [2.24, 2.45) is 0 Å². The quantitative estimate of drug-likeness (QED) is 0.556. The molecule has 0 aliphatic carbocycles. The van der Waals surface area contributed by atoms with Gasteiger partial charge in [0.15, 0.2) is 0 Å². The Morgan fingerprint density at radius 1 is 1.47 bits per heavy atom. The summed E-state index contributed by atoms with van der Waals surface area (Å²) in [5, 5.41) is 2.39. The van der Waals surface area contributed by atoms with E-state index in [0.717, 1.165) is 12.7 Å². The van der Waals surface area contributed by atoms with E-state index >= 15 is 0 Å². The van der Waals surface area contributed by atoms with E-state index in [4.69, 9.17) is 0 Å². The molecule has 80 valence electrons. The average molecular weight is 208 g/mol. The highest BCUT2D eigenvalue weighted by Gasteiger charge is 2.12. The third-order valence-corrected chi connectivity index (χ3v) is 1.77. The van der Waals surface area contributed by atoms with Crippen LogP contribution in [0.4, 0.5) is 0 Å². The molecule has 1 heterocycles. The number of amides is 1. The second-order valence-corrected chi connectivity index (χ2v) is 3.00. The van der Waals surface area contributed by atoms with Gasteiger partial charge in [-0.3, -0.25) is 9.78 Å². The van der Waals surface area contributed by atoms with Crippen LogP contribution in [-0.4, -0.2) is 24.0 Å². The molecule has 0 saturated carbocycles. The van der Waals surface area contributed by atoms with Crippen LogP contribution in [0.5, 0.6) is 0 Å². The van der Waals surface area contributed by atoms with Gasteiger partial charge >= 0.3 is 11.9 Å². The molecule has 0 unspecified atom stereocenters. The van der Waals surface area contributed by atoms with E-state index in [1.165, 1.54) is 0 Å². The first kappa shape index (κ1) is 11.2. The van der Waals surface area contributed by atoms with Gasteiger partial charge in [0.1, 0.15) is 0 Å². The minimum Gasteiger partial charge on any atom is -0.462 e. The summed E-state index contributed by atoms with van der Waals surface area (Å²) < 4.78 is 4.25. The Hall–Kier alpha value is -1.91. The van der Waals surface area contributed by atoms with Crippen LogP contribution < -0.4 is 5.32 Å². The van der Waals surface area contributed by atoms with Gasteiger partial charge < -0.3 is 10.1 Å². The second kappa shape index (κ2) is 5.09. The number of rotatable bonds is 2. The normalized spacial score (nSPS) is 9.47. The monoisotopic (exact) mass is 208 g/mol. The number of carbonyl (C=O) groups is 2. The minimum absolute atomic E-state index is 0.216. The molecule has 0 saturated heterocycles. The summed E-state index contributed by atoms with van der Waals surface area (Å²) >= 11 is 0. The zero-order valence-corrected chi connectivity index (χ0v) is 8.61. The van der Waals surface area contributed by atoms with E-state index in [9.17, 15) is 9.59 Å². The molecular formula is C10H12N2O3. The van der Waals surface area contributed by atoms with Gasteiger partial charge in [-0.2, -0.15) is 0 Å². The zero-order chi connectivity index (χ0) is 11.3. The van der Waals surface area contributed by atoms with E-state index in [1.54, 1.807) is 12.3 Å². The lowest BCUT2D eigenvalue weighted by Crippen LogP contribution is -2.31. The molecule has 5 nitrogen and oxygen atoms in total. The highest BCUT2D eigenvalue weighted by Crippen LogP contribution is 1.97. The molecule has 0 aliphatic heterocycles. The number of esters is 1. The molecule has 1 rings (SSSR count). The van der Waals surface area contributed by atoms with Gasteiger partial charge in [-0.25, -0.2) is 4.79 Å². The maximum Gasteiger partial charge on any atom is 0.396 e. The Morgan fingerprint density at radius 2 is 2.20 bits per heavy atom. The molecule has 0 bridgehead atoms. The van der Waals surface area contributed by atoms with Crippen molar-refractivity contribution in [3.8, 4) is 0 Å². The van der Waals surface area contributed by atoms with Crippen molar-refractivity contribution in [2.75, 3.05) is 7.11 Å². The van der Waals surface area contributed by atoms with Gasteiger partial charge in [0.05, 0.1) is 19.3 Å².